The highest BCUT2D eigenvalue weighted by atomic mass is 35.5. The van der Waals surface area contributed by atoms with E-state index in [1.807, 2.05) is 0 Å². The number of halogens is 1. The molecule has 1 amide bonds. The largest absolute Gasteiger partial charge is 0.344 e. The first-order valence-corrected chi connectivity index (χ1v) is 9.30. The maximum absolute atomic E-state index is 12.0. The number of hydrogen-bond acceptors (Lipinski definition) is 3. The molecule has 128 valence electrons. The maximum Gasteiger partial charge on any atom is 0.222 e. The minimum atomic E-state index is 0.332. The molecule has 1 atom stereocenters. The molecule has 0 saturated carbocycles. The minimum absolute atomic E-state index is 0.332. The molecule has 5 nitrogen and oxygen atoms in total. The third-order valence-corrected chi connectivity index (χ3v) is 5.27. The zero-order valence-electron chi connectivity index (χ0n) is 14.0. The van der Waals surface area contributed by atoms with Crippen LogP contribution in [0.4, 0.5) is 0 Å². The monoisotopic (exact) mass is 338 g/mol. The number of carbonyl (C=O) groups excluding carboxylic acids is 1. The van der Waals surface area contributed by atoms with E-state index in [0.717, 1.165) is 82.6 Å². The quantitative estimate of drug-likeness (QED) is 0.867. The van der Waals surface area contributed by atoms with Gasteiger partial charge in [0.05, 0.1) is 5.69 Å². The summed E-state index contributed by atoms with van der Waals surface area (Å²) in [6.45, 7) is 5.93. The van der Waals surface area contributed by atoms with Crippen molar-refractivity contribution in [1.82, 2.24) is 19.8 Å². The average Bonchev–Trinajstić information content (AvgIpc) is 3.12. The van der Waals surface area contributed by atoms with E-state index >= 15 is 0 Å². The molecule has 0 unspecified atom stereocenters. The molecular weight excluding hydrogens is 312 g/mol. The lowest BCUT2D eigenvalue weighted by Crippen LogP contribution is -2.48. The maximum atomic E-state index is 12.0. The van der Waals surface area contributed by atoms with E-state index in [4.69, 9.17) is 11.6 Å². The molecule has 2 saturated heterocycles. The molecule has 1 aromatic heterocycles. The first kappa shape index (κ1) is 16.8. The van der Waals surface area contributed by atoms with Crippen molar-refractivity contribution in [2.45, 2.75) is 64.5 Å². The van der Waals surface area contributed by atoms with Gasteiger partial charge in [-0.25, -0.2) is 4.98 Å². The Labute approximate surface area is 143 Å². The summed E-state index contributed by atoms with van der Waals surface area (Å²) in [6.07, 6.45) is 7.26. The first-order chi connectivity index (χ1) is 11.2. The van der Waals surface area contributed by atoms with Crippen LogP contribution in [-0.4, -0.2) is 51.4 Å². The van der Waals surface area contributed by atoms with Crippen molar-refractivity contribution in [3.63, 3.8) is 0 Å². The number of piperidine rings is 1. The van der Waals surface area contributed by atoms with Gasteiger partial charge in [-0.2, -0.15) is 0 Å². The molecule has 2 fully saturated rings. The predicted molar refractivity (Wildman–Crippen MR) is 91.5 cm³/mol. The van der Waals surface area contributed by atoms with Crippen LogP contribution in [0.5, 0.6) is 0 Å². The van der Waals surface area contributed by atoms with Crippen LogP contribution in [0.2, 0.25) is 5.15 Å². The van der Waals surface area contributed by atoms with Crippen LogP contribution in [0.25, 0.3) is 0 Å². The smallest absolute Gasteiger partial charge is 0.222 e. The Kier molecular flexibility index (Phi) is 5.59. The summed E-state index contributed by atoms with van der Waals surface area (Å²) in [4.78, 5) is 24.3. The van der Waals surface area contributed by atoms with E-state index in [1.54, 1.807) is 0 Å². The Morgan fingerprint density at radius 2 is 2.22 bits per heavy atom. The highest BCUT2D eigenvalue weighted by Gasteiger charge is 2.31. The Hall–Kier alpha value is -1.07. The standard InChI is InChI=1S/C17H27ClN4O/c1-2-3-7-15-19-14(17(18)20-15)12-21-9-4-6-13(11-21)22-10-5-8-16(22)23/h13H,2-12H2,1H3,(H,19,20)/t13-/m1/s1. The number of aromatic amines is 1. The molecule has 6 heteroatoms. The van der Waals surface area contributed by atoms with Crippen molar-refractivity contribution in [2.75, 3.05) is 19.6 Å². The van der Waals surface area contributed by atoms with Gasteiger partial charge in [-0.15, -0.1) is 0 Å². The van der Waals surface area contributed by atoms with Gasteiger partial charge in [-0.05, 0) is 32.2 Å². The number of nitrogens with zero attached hydrogens (tertiary/aromatic N) is 3. The Bertz CT molecular complexity index is 545. The highest BCUT2D eigenvalue weighted by Crippen LogP contribution is 2.24. The molecular formula is C17H27ClN4O. The van der Waals surface area contributed by atoms with E-state index in [0.29, 0.717) is 17.1 Å². The summed E-state index contributed by atoms with van der Waals surface area (Å²) in [5.41, 5.74) is 1.02. The molecule has 3 rings (SSSR count). The number of carbonyl (C=O) groups is 1. The molecule has 23 heavy (non-hydrogen) atoms. The summed E-state index contributed by atoms with van der Waals surface area (Å²) in [7, 11) is 0. The second kappa shape index (κ2) is 7.67. The number of hydrogen-bond donors (Lipinski definition) is 1. The molecule has 1 aromatic rings. The van der Waals surface area contributed by atoms with E-state index in [1.165, 1.54) is 0 Å². The van der Waals surface area contributed by atoms with Crippen LogP contribution < -0.4 is 0 Å². The Morgan fingerprint density at radius 1 is 1.35 bits per heavy atom. The number of aromatic nitrogens is 2. The van der Waals surface area contributed by atoms with Gasteiger partial charge >= 0.3 is 0 Å². The number of H-pyrrole nitrogens is 1. The lowest BCUT2D eigenvalue weighted by Gasteiger charge is -2.37. The van der Waals surface area contributed by atoms with Gasteiger partial charge in [0.15, 0.2) is 5.15 Å². The van der Waals surface area contributed by atoms with Gasteiger partial charge in [-0.1, -0.05) is 24.9 Å². The molecule has 1 N–H and O–H groups in total. The lowest BCUT2D eigenvalue weighted by atomic mass is 10.0. The number of unbranched alkanes of at least 4 members (excludes halogenated alkanes) is 1. The van der Waals surface area contributed by atoms with Crippen molar-refractivity contribution in [3.05, 3.63) is 16.7 Å². The summed E-state index contributed by atoms with van der Waals surface area (Å²) in [5.74, 6) is 1.33. The van der Waals surface area contributed by atoms with Gasteiger partial charge < -0.3 is 9.88 Å². The fourth-order valence-electron chi connectivity index (χ4n) is 3.71. The van der Waals surface area contributed by atoms with Crippen molar-refractivity contribution in [2.24, 2.45) is 0 Å². The second-order valence-corrected chi connectivity index (χ2v) is 7.14. The summed E-state index contributed by atoms with van der Waals surface area (Å²) in [6, 6.07) is 0.375. The topological polar surface area (TPSA) is 52.2 Å². The van der Waals surface area contributed by atoms with Crippen molar-refractivity contribution >= 4 is 17.5 Å². The van der Waals surface area contributed by atoms with Gasteiger partial charge in [-0.3, -0.25) is 9.69 Å². The van der Waals surface area contributed by atoms with Gasteiger partial charge in [0.2, 0.25) is 5.91 Å². The second-order valence-electron chi connectivity index (χ2n) is 6.78. The number of aryl methyl sites for hydroxylation is 1. The SMILES string of the molecule is CCCCc1nc(Cl)c(CN2CCC[C@@H](N3CCCC3=O)C2)[nH]1. The molecule has 0 aromatic carbocycles. The van der Waals surface area contributed by atoms with Crippen LogP contribution in [0.15, 0.2) is 0 Å². The van der Waals surface area contributed by atoms with E-state index in [-0.39, 0.29) is 0 Å². The van der Waals surface area contributed by atoms with Crippen molar-refractivity contribution in [3.8, 4) is 0 Å². The van der Waals surface area contributed by atoms with Gasteiger partial charge in [0.25, 0.3) is 0 Å². The number of imidazole rings is 1. The molecule has 0 spiro atoms. The van der Waals surface area contributed by atoms with Crippen LogP contribution in [0.3, 0.4) is 0 Å². The third kappa shape index (κ3) is 4.07. The highest BCUT2D eigenvalue weighted by molar-refractivity contribution is 6.30. The zero-order valence-corrected chi connectivity index (χ0v) is 14.7. The van der Waals surface area contributed by atoms with E-state index < -0.39 is 0 Å². The molecule has 0 radical (unpaired) electrons. The third-order valence-electron chi connectivity index (χ3n) is 4.96. The van der Waals surface area contributed by atoms with Gasteiger partial charge in [0.1, 0.15) is 5.82 Å². The normalized spacial score (nSPS) is 23.0. The zero-order chi connectivity index (χ0) is 16.2. The number of amides is 1. The van der Waals surface area contributed by atoms with E-state index in [9.17, 15) is 4.79 Å². The molecule has 0 aliphatic carbocycles. The Morgan fingerprint density at radius 3 is 2.96 bits per heavy atom. The van der Waals surface area contributed by atoms with Crippen LogP contribution in [0.1, 0.15) is 57.0 Å². The molecule has 3 heterocycles. The number of nitrogens with one attached hydrogen (secondary N) is 1. The lowest BCUT2D eigenvalue weighted by molar-refractivity contribution is -0.130. The number of rotatable bonds is 6. The molecule has 2 aliphatic heterocycles. The summed E-state index contributed by atoms with van der Waals surface area (Å²) < 4.78 is 0. The van der Waals surface area contributed by atoms with E-state index in [2.05, 4.69) is 26.7 Å². The molecule has 0 bridgehead atoms. The summed E-state index contributed by atoms with van der Waals surface area (Å²) in [5, 5.41) is 0.607. The number of likely N-dealkylation sites (tertiary alicyclic amines) is 2. The minimum Gasteiger partial charge on any atom is -0.344 e. The predicted octanol–water partition coefficient (Wildman–Crippen LogP) is 2.99. The van der Waals surface area contributed by atoms with Crippen molar-refractivity contribution < 1.29 is 4.79 Å². The van der Waals surface area contributed by atoms with Crippen LogP contribution in [-0.2, 0) is 17.8 Å². The fourth-order valence-corrected chi connectivity index (χ4v) is 3.92. The summed E-state index contributed by atoms with van der Waals surface area (Å²) >= 11 is 6.30. The van der Waals surface area contributed by atoms with Crippen LogP contribution >= 0.6 is 11.6 Å². The van der Waals surface area contributed by atoms with Gasteiger partial charge in [0, 0.05) is 38.5 Å². The fraction of sp³-hybridized carbons (Fsp3) is 0.765. The molecule has 2 aliphatic rings. The Balaban J connectivity index is 1.59. The first-order valence-electron chi connectivity index (χ1n) is 8.92. The van der Waals surface area contributed by atoms with Crippen molar-refractivity contribution in [1.29, 1.82) is 0 Å². The average molecular weight is 339 g/mol. The van der Waals surface area contributed by atoms with Crippen LogP contribution in [0, 0.1) is 0 Å².